The Balaban J connectivity index is 1.92. The van der Waals surface area contributed by atoms with E-state index >= 15 is 0 Å². The highest BCUT2D eigenvalue weighted by Gasteiger charge is 2.47. The average molecular weight is 446 g/mol. The Morgan fingerprint density at radius 1 is 1.00 bits per heavy atom. The molecular formula is C24H18N2O7. The molecule has 1 aliphatic rings. The third-order valence-electron chi connectivity index (χ3n) is 5.37. The second-order valence-electron chi connectivity index (χ2n) is 7.23. The number of carbonyl (C=O) groups excluding carboxylic acids is 2. The number of para-hydroxylation sites is 2. The molecule has 9 heteroatoms. The van der Waals surface area contributed by atoms with Crippen molar-refractivity contribution in [2.24, 2.45) is 0 Å². The number of aliphatic hydroxyl groups is 1. The van der Waals surface area contributed by atoms with Crippen molar-refractivity contribution in [3.8, 4) is 11.5 Å². The number of phenols is 1. The predicted molar refractivity (Wildman–Crippen MR) is 119 cm³/mol. The predicted octanol–water partition coefficient (Wildman–Crippen LogP) is 3.94. The first kappa shape index (κ1) is 21.6. The number of ether oxygens (including phenoxy) is 1. The molecule has 166 valence electrons. The standard InChI is InChI=1S/C24H18N2O7/c1-33-17-12-8-14(9-13-17)21-20(22(28)15-6-10-16(11-7-15)26(31)32)23(29)24(30)25(21)18-4-2-3-5-19(18)27/h2-13,21,27-28H,1H3/b22-20-. The van der Waals surface area contributed by atoms with Gasteiger partial charge in [0.05, 0.1) is 29.3 Å². The van der Waals surface area contributed by atoms with Crippen LogP contribution in [0.1, 0.15) is 17.2 Å². The summed E-state index contributed by atoms with van der Waals surface area (Å²) in [4.78, 5) is 37.6. The van der Waals surface area contributed by atoms with E-state index in [0.717, 1.165) is 4.90 Å². The Kier molecular flexibility index (Phi) is 5.53. The van der Waals surface area contributed by atoms with Gasteiger partial charge in [-0.1, -0.05) is 24.3 Å². The Labute approximate surface area is 187 Å². The lowest BCUT2D eigenvalue weighted by Crippen LogP contribution is -2.29. The minimum atomic E-state index is -1.06. The molecule has 33 heavy (non-hydrogen) atoms. The van der Waals surface area contributed by atoms with E-state index in [1.165, 1.54) is 43.5 Å². The van der Waals surface area contributed by atoms with Gasteiger partial charge in [-0.2, -0.15) is 0 Å². The van der Waals surface area contributed by atoms with Gasteiger partial charge in [0.15, 0.2) is 0 Å². The molecule has 0 radical (unpaired) electrons. The molecular weight excluding hydrogens is 428 g/mol. The SMILES string of the molecule is COc1ccc(C2/C(=C(/O)c3ccc([N+](=O)[O-])cc3)C(=O)C(=O)N2c2ccccc2O)cc1. The molecule has 0 bridgehead atoms. The van der Waals surface area contributed by atoms with E-state index in [9.17, 15) is 29.9 Å². The van der Waals surface area contributed by atoms with Gasteiger partial charge < -0.3 is 14.9 Å². The van der Waals surface area contributed by atoms with Gasteiger partial charge in [0.1, 0.15) is 17.3 Å². The highest BCUT2D eigenvalue weighted by atomic mass is 16.6. The van der Waals surface area contributed by atoms with Crippen LogP contribution in [0.25, 0.3) is 5.76 Å². The Bertz CT molecular complexity index is 1280. The molecule has 1 aliphatic heterocycles. The average Bonchev–Trinajstić information content (AvgIpc) is 3.09. The van der Waals surface area contributed by atoms with Gasteiger partial charge in [0.25, 0.3) is 17.4 Å². The third kappa shape index (κ3) is 3.76. The maximum absolute atomic E-state index is 13.1. The monoisotopic (exact) mass is 446 g/mol. The van der Waals surface area contributed by atoms with Crippen LogP contribution < -0.4 is 9.64 Å². The molecule has 3 aromatic carbocycles. The van der Waals surface area contributed by atoms with Crippen LogP contribution in [0, 0.1) is 10.1 Å². The quantitative estimate of drug-likeness (QED) is 0.200. The van der Waals surface area contributed by atoms with E-state index in [4.69, 9.17) is 4.74 Å². The normalized spacial score (nSPS) is 17.2. The van der Waals surface area contributed by atoms with Crippen LogP contribution in [0.3, 0.4) is 0 Å². The molecule has 0 spiro atoms. The number of phenolic OH excluding ortho intramolecular Hbond substituents is 1. The zero-order valence-corrected chi connectivity index (χ0v) is 17.3. The van der Waals surface area contributed by atoms with Crippen molar-refractivity contribution in [3.63, 3.8) is 0 Å². The van der Waals surface area contributed by atoms with Gasteiger partial charge >= 0.3 is 0 Å². The van der Waals surface area contributed by atoms with Crippen LogP contribution in [-0.4, -0.2) is 33.9 Å². The zero-order chi connectivity index (χ0) is 23.7. The fourth-order valence-electron chi connectivity index (χ4n) is 3.75. The Hall–Kier alpha value is -4.66. The number of aliphatic hydroxyl groups excluding tert-OH is 1. The summed E-state index contributed by atoms with van der Waals surface area (Å²) in [5.41, 5.74) is 0.328. The largest absolute Gasteiger partial charge is 0.507 e. The number of ketones is 1. The number of benzene rings is 3. The number of aromatic hydroxyl groups is 1. The second kappa shape index (κ2) is 8.46. The maximum atomic E-state index is 13.1. The molecule has 1 unspecified atom stereocenters. The number of nitro benzene ring substituents is 1. The number of non-ortho nitro benzene ring substituents is 1. The lowest BCUT2D eigenvalue weighted by atomic mass is 9.95. The van der Waals surface area contributed by atoms with Crippen LogP contribution in [-0.2, 0) is 9.59 Å². The van der Waals surface area contributed by atoms with E-state index in [1.54, 1.807) is 36.4 Å². The number of nitrogens with zero attached hydrogens (tertiary/aromatic N) is 2. The van der Waals surface area contributed by atoms with Gasteiger partial charge in [-0.15, -0.1) is 0 Å². The molecule has 1 heterocycles. The maximum Gasteiger partial charge on any atom is 0.300 e. The van der Waals surface area contributed by atoms with Gasteiger partial charge in [-0.3, -0.25) is 24.6 Å². The van der Waals surface area contributed by atoms with E-state index in [1.807, 2.05) is 0 Å². The van der Waals surface area contributed by atoms with Crippen LogP contribution in [0.2, 0.25) is 0 Å². The zero-order valence-electron chi connectivity index (χ0n) is 17.3. The van der Waals surface area contributed by atoms with Crippen LogP contribution in [0.4, 0.5) is 11.4 Å². The van der Waals surface area contributed by atoms with Gasteiger partial charge in [-0.05, 0) is 42.0 Å². The first-order valence-corrected chi connectivity index (χ1v) is 9.81. The topological polar surface area (TPSA) is 130 Å². The van der Waals surface area contributed by atoms with Gasteiger partial charge in [-0.25, -0.2) is 0 Å². The summed E-state index contributed by atoms with van der Waals surface area (Å²) in [6, 6.07) is 16.6. The van der Waals surface area contributed by atoms with E-state index in [-0.39, 0.29) is 28.3 Å². The van der Waals surface area contributed by atoms with Crippen molar-refractivity contribution >= 4 is 28.8 Å². The molecule has 2 N–H and O–H groups in total. The van der Waals surface area contributed by atoms with Crippen molar-refractivity contribution in [1.82, 2.24) is 0 Å². The van der Waals surface area contributed by atoms with Gasteiger partial charge in [0.2, 0.25) is 0 Å². The number of Topliss-reactive ketones (excluding diaryl/α,β-unsaturated/α-hetero) is 1. The number of hydrogen-bond donors (Lipinski definition) is 2. The molecule has 1 amide bonds. The summed E-state index contributed by atoms with van der Waals surface area (Å²) in [7, 11) is 1.50. The molecule has 0 aromatic heterocycles. The van der Waals surface area contributed by atoms with Crippen LogP contribution in [0.15, 0.2) is 78.4 Å². The van der Waals surface area contributed by atoms with Crippen molar-refractivity contribution in [1.29, 1.82) is 0 Å². The summed E-state index contributed by atoms with van der Waals surface area (Å²) in [5, 5.41) is 32.4. The minimum Gasteiger partial charge on any atom is -0.507 e. The number of nitro groups is 1. The molecule has 4 rings (SSSR count). The van der Waals surface area contributed by atoms with Crippen molar-refractivity contribution in [2.45, 2.75) is 6.04 Å². The first-order chi connectivity index (χ1) is 15.8. The summed E-state index contributed by atoms with van der Waals surface area (Å²) in [5.74, 6) is -2.03. The lowest BCUT2D eigenvalue weighted by Gasteiger charge is -2.26. The number of methoxy groups -OCH3 is 1. The van der Waals surface area contributed by atoms with E-state index < -0.39 is 28.4 Å². The minimum absolute atomic E-state index is 0.100. The summed E-state index contributed by atoms with van der Waals surface area (Å²) in [6.45, 7) is 0. The fraction of sp³-hybridized carbons (Fsp3) is 0.0833. The number of anilines is 1. The Morgan fingerprint density at radius 3 is 2.21 bits per heavy atom. The molecule has 1 saturated heterocycles. The molecule has 0 saturated carbocycles. The number of carbonyl (C=O) groups is 2. The molecule has 1 atom stereocenters. The molecule has 1 fully saturated rings. The lowest BCUT2D eigenvalue weighted by molar-refractivity contribution is -0.384. The summed E-state index contributed by atoms with van der Waals surface area (Å²) in [6.07, 6.45) is 0. The number of hydrogen-bond acceptors (Lipinski definition) is 7. The highest BCUT2D eigenvalue weighted by Crippen LogP contribution is 2.44. The molecule has 3 aromatic rings. The van der Waals surface area contributed by atoms with Crippen LogP contribution in [0.5, 0.6) is 11.5 Å². The second-order valence-corrected chi connectivity index (χ2v) is 7.23. The summed E-state index contributed by atoms with van der Waals surface area (Å²) < 4.78 is 5.17. The number of rotatable bonds is 5. The molecule has 0 aliphatic carbocycles. The van der Waals surface area contributed by atoms with Gasteiger partial charge in [0, 0.05) is 17.7 Å². The third-order valence-corrected chi connectivity index (χ3v) is 5.37. The fourth-order valence-corrected chi connectivity index (χ4v) is 3.75. The van der Waals surface area contributed by atoms with Crippen molar-refractivity contribution in [2.75, 3.05) is 12.0 Å². The first-order valence-electron chi connectivity index (χ1n) is 9.81. The Morgan fingerprint density at radius 2 is 1.64 bits per heavy atom. The van der Waals surface area contributed by atoms with Crippen molar-refractivity contribution in [3.05, 3.63) is 99.6 Å². The number of amides is 1. The van der Waals surface area contributed by atoms with Crippen molar-refractivity contribution < 1.29 is 29.5 Å². The smallest absolute Gasteiger partial charge is 0.300 e. The highest BCUT2D eigenvalue weighted by molar-refractivity contribution is 6.51. The molecule has 9 nitrogen and oxygen atoms in total. The van der Waals surface area contributed by atoms with E-state index in [0.29, 0.717) is 11.3 Å². The van der Waals surface area contributed by atoms with E-state index in [2.05, 4.69) is 0 Å². The summed E-state index contributed by atoms with van der Waals surface area (Å²) >= 11 is 0. The van der Waals surface area contributed by atoms with Crippen LogP contribution >= 0.6 is 0 Å².